The lowest BCUT2D eigenvalue weighted by Gasteiger charge is -2.20. The molecule has 3 atom stereocenters. The van der Waals surface area contributed by atoms with Crippen LogP contribution in [0.4, 0.5) is 0 Å². The van der Waals surface area contributed by atoms with Gasteiger partial charge in [-0.15, -0.1) is 0 Å². The number of ketones is 1. The summed E-state index contributed by atoms with van der Waals surface area (Å²) in [5.41, 5.74) is 7.23. The van der Waals surface area contributed by atoms with Crippen LogP contribution in [0.15, 0.2) is 24.3 Å². The highest BCUT2D eigenvalue weighted by Crippen LogP contribution is 2.22. The van der Waals surface area contributed by atoms with E-state index in [9.17, 15) is 14.7 Å². The molecule has 5 heteroatoms. The van der Waals surface area contributed by atoms with Crippen LogP contribution in [0.1, 0.15) is 31.4 Å². The largest absolute Gasteiger partial charge is 0.385 e. The second kappa shape index (κ2) is 8.44. The number of aliphatic hydroxyl groups is 1. The smallest absolute Gasteiger partial charge is 0.198 e. The van der Waals surface area contributed by atoms with E-state index in [0.717, 1.165) is 24.0 Å². The van der Waals surface area contributed by atoms with Crippen LogP contribution in [-0.4, -0.2) is 29.1 Å². The number of nitrogens with one attached hydrogen (secondary N) is 1. The Morgan fingerprint density at radius 2 is 1.77 bits per heavy atom. The van der Waals surface area contributed by atoms with Gasteiger partial charge in [-0.3, -0.25) is 15.0 Å². The normalized spacial score (nSPS) is 14.9. The molecule has 0 fully saturated rings. The van der Waals surface area contributed by atoms with Gasteiger partial charge in [0.25, 0.3) is 0 Å². The molecule has 0 saturated heterocycles. The molecule has 0 bridgehead atoms. The van der Waals surface area contributed by atoms with Crippen molar-refractivity contribution in [2.24, 2.45) is 17.6 Å². The van der Waals surface area contributed by atoms with Gasteiger partial charge in [0.1, 0.15) is 11.9 Å². The first-order valence-electron chi connectivity index (χ1n) is 7.47. The Hall–Kier alpha value is -2.01. The van der Waals surface area contributed by atoms with Gasteiger partial charge in [0.05, 0.1) is 0 Å². The fourth-order valence-electron chi connectivity index (χ4n) is 2.46. The van der Waals surface area contributed by atoms with Crippen molar-refractivity contribution in [3.8, 4) is 0 Å². The number of benzene rings is 1. The molecule has 120 valence electrons. The van der Waals surface area contributed by atoms with Crippen molar-refractivity contribution < 1.29 is 14.7 Å². The second-order valence-corrected chi connectivity index (χ2v) is 5.67. The molecule has 1 rings (SSSR count). The van der Waals surface area contributed by atoms with Crippen molar-refractivity contribution in [1.82, 2.24) is 0 Å². The summed E-state index contributed by atoms with van der Waals surface area (Å²) >= 11 is 0. The fraction of sp³-hybridized carbons (Fsp3) is 0.471. The molecule has 0 aliphatic rings. The van der Waals surface area contributed by atoms with Crippen molar-refractivity contribution in [2.75, 3.05) is 0 Å². The van der Waals surface area contributed by atoms with Gasteiger partial charge >= 0.3 is 0 Å². The highest BCUT2D eigenvalue weighted by molar-refractivity contribution is 6.25. The zero-order chi connectivity index (χ0) is 16.7. The molecular formula is C17H24N2O3. The van der Waals surface area contributed by atoms with Gasteiger partial charge in [0.2, 0.25) is 0 Å². The van der Waals surface area contributed by atoms with Crippen LogP contribution in [0.2, 0.25) is 0 Å². The summed E-state index contributed by atoms with van der Waals surface area (Å²) in [6, 6.07) is 7.67. The molecule has 1 aromatic rings. The minimum absolute atomic E-state index is 0.131. The van der Waals surface area contributed by atoms with Crippen LogP contribution in [0.25, 0.3) is 0 Å². The van der Waals surface area contributed by atoms with E-state index in [4.69, 9.17) is 11.1 Å². The van der Waals surface area contributed by atoms with Crippen molar-refractivity contribution in [3.05, 3.63) is 35.4 Å². The molecule has 0 aliphatic heterocycles. The third kappa shape index (κ3) is 5.07. The van der Waals surface area contributed by atoms with E-state index >= 15 is 0 Å². The third-order valence-corrected chi connectivity index (χ3v) is 4.11. The molecule has 0 saturated carbocycles. The van der Waals surface area contributed by atoms with Gasteiger partial charge in [-0.2, -0.15) is 0 Å². The highest BCUT2D eigenvalue weighted by Gasteiger charge is 2.22. The molecule has 1 aromatic carbocycles. The Kier molecular flexibility index (Phi) is 6.92. The predicted molar refractivity (Wildman–Crippen MR) is 85.8 cm³/mol. The predicted octanol–water partition coefficient (Wildman–Crippen LogP) is 1.50. The van der Waals surface area contributed by atoms with Crippen LogP contribution in [0, 0.1) is 17.2 Å². The molecule has 0 heterocycles. The first-order chi connectivity index (χ1) is 10.4. The lowest BCUT2D eigenvalue weighted by atomic mass is 9.83. The number of Topliss-reactive ketones (excluding diaryl/α,β-unsaturated/α-hetero) is 1. The molecule has 0 radical (unpaired) electrons. The van der Waals surface area contributed by atoms with E-state index in [1.165, 1.54) is 0 Å². The number of hydrogen-bond acceptors (Lipinski definition) is 4. The van der Waals surface area contributed by atoms with Crippen molar-refractivity contribution in [2.45, 2.75) is 39.2 Å². The standard InChI is InChI=1S/C17H24N2O3/c1-3-14(11(2)16(22)10-20)8-12-4-6-13(7-5-12)9-15(21)17(18)19/h4-7,10-11,14-15,21H,3,8-9H2,1-2H3,(H3,18,19). The number of hydrogen-bond donors (Lipinski definition) is 3. The third-order valence-electron chi connectivity index (χ3n) is 4.11. The van der Waals surface area contributed by atoms with E-state index in [2.05, 4.69) is 0 Å². The molecule has 5 nitrogen and oxygen atoms in total. The number of carbonyl (C=O) groups is 2. The van der Waals surface area contributed by atoms with Gasteiger partial charge in [0.15, 0.2) is 12.1 Å². The van der Waals surface area contributed by atoms with Crippen LogP contribution < -0.4 is 5.73 Å². The van der Waals surface area contributed by atoms with E-state index in [1.54, 1.807) is 6.92 Å². The maximum Gasteiger partial charge on any atom is 0.198 e. The van der Waals surface area contributed by atoms with E-state index < -0.39 is 6.10 Å². The Morgan fingerprint density at radius 3 is 2.18 bits per heavy atom. The zero-order valence-corrected chi connectivity index (χ0v) is 13.1. The minimum Gasteiger partial charge on any atom is -0.385 e. The van der Waals surface area contributed by atoms with Gasteiger partial charge < -0.3 is 10.8 Å². The molecule has 0 aliphatic carbocycles. The summed E-state index contributed by atoms with van der Waals surface area (Å²) in [5, 5.41) is 16.8. The van der Waals surface area contributed by atoms with Crippen LogP contribution in [0.5, 0.6) is 0 Å². The topological polar surface area (TPSA) is 104 Å². The summed E-state index contributed by atoms with van der Waals surface area (Å²) in [6.45, 7) is 3.80. The van der Waals surface area contributed by atoms with Crippen LogP contribution >= 0.6 is 0 Å². The number of aldehydes is 1. The molecule has 0 amide bonds. The summed E-state index contributed by atoms with van der Waals surface area (Å²) < 4.78 is 0. The van der Waals surface area contributed by atoms with Gasteiger partial charge in [-0.25, -0.2) is 0 Å². The summed E-state index contributed by atoms with van der Waals surface area (Å²) in [6.07, 6.45) is 1.31. The summed E-state index contributed by atoms with van der Waals surface area (Å²) in [4.78, 5) is 22.1. The lowest BCUT2D eigenvalue weighted by Crippen LogP contribution is -2.29. The maximum absolute atomic E-state index is 11.5. The number of nitrogens with two attached hydrogens (primary N) is 1. The Morgan fingerprint density at radius 1 is 1.27 bits per heavy atom. The Bertz CT molecular complexity index is 525. The van der Waals surface area contributed by atoms with Crippen LogP contribution in [0.3, 0.4) is 0 Å². The molecule has 0 spiro atoms. The summed E-state index contributed by atoms with van der Waals surface area (Å²) in [7, 11) is 0. The van der Waals surface area contributed by atoms with Crippen molar-refractivity contribution >= 4 is 17.9 Å². The lowest BCUT2D eigenvalue weighted by molar-refractivity contribution is -0.133. The molecule has 4 N–H and O–H groups in total. The monoisotopic (exact) mass is 304 g/mol. The quantitative estimate of drug-likeness (QED) is 0.278. The molecule has 22 heavy (non-hydrogen) atoms. The maximum atomic E-state index is 11.5. The molecular weight excluding hydrogens is 280 g/mol. The van der Waals surface area contributed by atoms with E-state index in [-0.39, 0.29) is 23.5 Å². The van der Waals surface area contributed by atoms with E-state index in [1.807, 2.05) is 31.2 Å². The van der Waals surface area contributed by atoms with Gasteiger partial charge in [-0.1, -0.05) is 44.5 Å². The highest BCUT2D eigenvalue weighted by atomic mass is 16.3. The number of carbonyl (C=O) groups excluding carboxylic acids is 2. The first kappa shape index (κ1) is 18.0. The van der Waals surface area contributed by atoms with E-state index in [0.29, 0.717) is 12.7 Å². The molecule has 0 aromatic heterocycles. The number of amidine groups is 1. The summed E-state index contributed by atoms with van der Waals surface area (Å²) in [5.74, 6) is -0.738. The fourth-order valence-corrected chi connectivity index (χ4v) is 2.46. The van der Waals surface area contributed by atoms with Crippen molar-refractivity contribution in [3.63, 3.8) is 0 Å². The zero-order valence-electron chi connectivity index (χ0n) is 13.1. The minimum atomic E-state index is -0.959. The van der Waals surface area contributed by atoms with Gasteiger partial charge in [-0.05, 0) is 23.5 Å². The number of aliphatic hydroxyl groups excluding tert-OH is 1. The van der Waals surface area contributed by atoms with Gasteiger partial charge in [0, 0.05) is 12.3 Å². The average Bonchev–Trinajstić information content (AvgIpc) is 2.52. The Balaban J connectivity index is 2.71. The second-order valence-electron chi connectivity index (χ2n) is 5.67. The van der Waals surface area contributed by atoms with Crippen LogP contribution in [-0.2, 0) is 22.4 Å². The van der Waals surface area contributed by atoms with Crippen molar-refractivity contribution in [1.29, 1.82) is 5.41 Å². The molecule has 3 unspecified atom stereocenters. The Labute approximate surface area is 131 Å². The number of rotatable bonds is 9. The first-order valence-corrected chi connectivity index (χ1v) is 7.47. The average molecular weight is 304 g/mol. The SMILES string of the molecule is CCC(Cc1ccc(CC(O)C(=N)N)cc1)C(C)C(=O)C=O.